The van der Waals surface area contributed by atoms with E-state index in [0.29, 0.717) is 18.7 Å². The molecule has 0 heterocycles. The molecular formula is C16H23NO4. The molecule has 0 spiro atoms. The molecule has 0 aliphatic rings. The van der Waals surface area contributed by atoms with Crippen LogP contribution < -0.4 is 5.32 Å². The van der Waals surface area contributed by atoms with Gasteiger partial charge in [0.05, 0.1) is 5.56 Å². The summed E-state index contributed by atoms with van der Waals surface area (Å²) in [5.74, 6) is -1.29. The lowest BCUT2D eigenvalue weighted by atomic mass is 10.1. The van der Waals surface area contributed by atoms with Crippen molar-refractivity contribution in [3.05, 3.63) is 34.9 Å². The van der Waals surface area contributed by atoms with Gasteiger partial charge in [0, 0.05) is 25.3 Å². The molecule has 1 aromatic carbocycles. The van der Waals surface area contributed by atoms with Crippen molar-refractivity contribution in [1.82, 2.24) is 5.32 Å². The normalized spacial score (nSPS) is 10.4. The monoisotopic (exact) mass is 293 g/mol. The number of carbonyl (C=O) groups excluding carboxylic acids is 1. The molecule has 0 bridgehead atoms. The van der Waals surface area contributed by atoms with E-state index in [4.69, 9.17) is 9.84 Å². The Morgan fingerprint density at radius 3 is 2.48 bits per heavy atom. The van der Waals surface area contributed by atoms with Gasteiger partial charge in [-0.1, -0.05) is 13.3 Å². The quantitative estimate of drug-likeness (QED) is 0.686. The highest BCUT2D eigenvalue weighted by Gasteiger charge is 2.10. The smallest absolute Gasteiger partial charge is 0.335 e. The molecule has 0 unspecified atom stereocenters. The lowest BCUT2D eigenvalue weighted by Crippen LogP contribution is -2.25. The second-order valence-corrected chi connectivity index (χ2v) is 4.97. The van der Waals surface area contributed by atoms with E-state index >= 15 is 0 Å². The van der Waals surface area contributed by atoms with Gasteiger partial charge in [-0.2, -0.15) is 0 Å². The van der Waals surface area contributed by atoms with E-state index in [2.05, 4.69) is 12.2 Å². The molecule has 0 aliphatic heterocycles. The van der Waals surface area contributed by atoms with Crippen LogP contribution in [0.2, 0.25) is 0 Å². The van der Waals surface area contributed by atoms with Crippen LogP contribution in [0.5, 0.6) is 0 Å². The van der Waals surface area contributed by atoms with Crippen LogP contribution in [0, 0.1) is 6.92 Å². The first kappa shape index (κ1) is 17.2. The maximum absolute atomic E-state index is 12.0. The third-order valence-electron chi connectivity index (χ3n) is 2.98. The van der Waals surface area contributed by atoms with E-state index in [0.717, 1.165) is 31.4 Å². The summed E-state index contributed by atoms with van der Waals surface area (Å²) in [5.41, 5.74) is 1.25. The van der Waals surface area contributed by atoms with E-state index in [1.54, 1.807) is 19.1 Å². The Morgan fingerprint density at radius 2 is 1.81 bits per heavy atom. The van der Waals surface area contributed by atoms with Crippen LogP contribution in [0.25, 0.3) is 0 Å². The average molecular weight is 293 g/mol. The van der Waals surface area contributed by atoms with Gasteiger partial charge in [-0.25, -0.2) is 4.79 Å². The molecule has 0 fully saturated rings. The highest BCUT2D eigenvalue weighted by molar-refractivity contribution is 5.97. The van der Waals surface area contributed by atoms with Gasteiger partial charge >= 0.3 is 5.97 Å². The van der Waals surface area contributed by atoms with Crippen molar-refractivity contribution in [2.75, 3.05) is 19.8 Å². The fraction of sp³-hybridized carbons (Fsp3) is 0.500. The lowest BCUT2D eigenvalue weighted by Gasteiger charge is -2.07. The fourth-order valence-corrected chi connectivity index (χ4v) is 1.86. The molecule has 1 amide bonds. The van der Waals surface area contributed by atoms with E-state index in [1.165, 1.54) is 6.07 Å². The summed E-state index contributed by atoms with van der Waals surface area (Å²) in [4.78, 5) is 22.9. The number of rotatable bonds is 9. The molecule has 0 saturated carbocycles. The molecule has 1 rings (SSSR count). The summed E-state index contributed by atoms with van der Waals surface area (Å²) in [6.45, 7) is 5.77. The maximum Gasteiger partial charge on any atom is 0.335 e. The van der Waals surface area contributed by atoms with Gasteiger partial charge < -0.3 is 15.2 Å². The SMILES string of the molecule is CCCCOCCCNC(=O)c1cc(C)cc(C(=O)O)c1. The first-order valence-electron chi connectivity index (χ1n) is 7.25. The minimum Gasteiger partial charge on any atom is -0.478 e. The fourth-order valence-electron chi connectivity index (χ4n) is 1.86. The van der Waals surface area contributed by atoms with E-state index in [-0.39, 0.29) is 11.5 Å². The minimum absolute atomic E-state index is 0.128. The number of benzene rings is 1. The Hall–Kier alpha value is -1.88. The second kappa shape index (κ2) is 9.13. The van der Waals surface area contributed by atoms with Crippen molar-refractivity contribution in [3.63, 3.8) is 0 Å². The summed E-state index contributed by atoms with van der Waals surface area (Å²) in [6, 6.07) is 4.61. The van der Waals surface area contributed by atoms with E-state index in [1.807, 2.05) is 0 Å². The molecule has 0 radical (unpaired) electrons. The second-order valence-electron chi connectivity index (χ2n) is 4.97. The largest absolute Gasteiger partial charge is 0.478 e. The third-order valence-corrected chi connectivity index (χ3v) is 2.98. The van der Waals surface area contributed by atoms with Gasteiger partial charge in [0.1, 0.15) is 0 Å². The van der Waals surface area contributed by atoms with Crippen molar-refractivity contribution in [3.8, 4) is 0 Å². The van der Waals surface area contributed by atoms with Crippen LogP contribution in [-0.2, 0) is 4.74 Å². The van der Waals surface area contributed by atoms with Crippen LogP contribution >= 0.6 is 0 Å². The number of nitrogens with one attached hydrogen (secondary N) is 1. The molecule has 5 nitrogen and oxygen atoms in total. The van der Waals surface area contributed by atoms with Gasteiger partial charge in [-0.15, -0.1) is 0 Å². The molecule has 0 saturated heterocycles. The maximum atomic E-state index is 12.0. The zero-order valence-electron chi connectivity index (χ0n) is 12.6. The number of aryl methyl sites for hydroxylation is 1. The third kappa shape index (κ3) is 6.40. The van der Waals surface area contributed by atoms with Crippen LogP contribution in [-0.4, -0.2) is 36.7 Å². The number of unbranched alkanes of at least 4 members (excludes halogenated alkanes) is 1. The van der Waals surface area contributed by atoms with E-state index in [9.17, 15) is 9.59 Å². The summed E-state index contributed by atoms with van der Waals surface area (Å²) in [6.07, 6.45) is 2.90. The Kier molecular flexibility index (Phi) is 7.46. The van der Waals surface area contributed by atoms with Crippen molar-refractivity contribution in [1.29, 1.82) is 0 Å². The molecule has 116 valence electrons. The van der Waals surface area contributed by atoms with Gasteiger partial charge in [-0.05, 0) is 43.5 Å². The lowest BCUT2D eigenvalue weighted by molar-refractivity contribution is 0.0696. The average Bonchev–Trinajstić information content (AvgIpc) is 2.45. The van der Waals surface area contributed by atoms with Crippen molar-refractivity contribution >= 4 is 11.9 Å². The highest BCUT2D eigenvalue weighted by atomic mass is 16.5. The van der Waals surface area contributed by atoms with Crippen molar-refractivity contribution in [2.45, 2.75) is 33.1 Å². The minimum atomic E-state index is -1.03. The van der Waals surface area contributed by atoms with Crippen molar-refractivity contribution in [2.24, 2.45) is 0 Å². The first-order valence-corrected chi connectivity index (χ1v) is 7.25. The number of carboxylic acid groups (broad SMARTS) is 1. The molecule has 0 atom stereocenters. The van der Waals surface area contributed by atoms with Gasteiger partial charge in [0.15, 0.2) is 0 Å². The number of hydrogen-bond donors (Lipinski definition) is 2. The Labute approximate surface area is 125 Å². The highest BCUT2D eigenvalue weighted by Crippen LogP contribution is 2.10. The zero-order chi connectivity index (χ0) is 15.7. The molecule has 0 aliphatic carbocycles. The first-order chi connectivity index (χ1) is 10.0. The summed E-state index contributed by atoms with van der Waals surface area (Å²) < 4.78 is 5.40. The topological polar surface area (TPSA) is 75.6 Å². The van der Waals surface area contributed by atoms with Gasteiger partial charge in [-0.3, -0.25) is 4.79 Å². The van der Waals surface area contributed by atoms with Crippen LogP contribution in [0.4, 0.5) is 0 Å². The Bertz CT molecular complexity index is 485. The zero-order valence-corrected chi connectivity index (χ0v) is 12.6. The number of hydrogen-bond acceptors (Lipinski definition) is 3. The predicted octanol–water partition coefficient (Wildman–Crippen LogP) is 2.63. The van der Waals surface area contributed by atoms with E-state index < -0.39 is 5.97 Å². The number of carboxylic acids is 1. The van der Waals surface area contributed by atoms with Gasteiger partial charge in [0.2, 0.25) is 0 Å². The van der Waals surface area contributed by atoms with Crippen LogP contribution in [0.15, 0.2) is 18.2 Å². The summed E-state index contributed by atoms with van der Waals surface area (Å²) in [7, 11) is 0. The standard InChI is InChI=1S/C16H23NO4/c1-3-4-7-21-8-5-6-17-15(18)13-9-12(2)10-14(11-13)16(19)20/h9-11H,3-8H2,1-2H3,(H,17,18)(H,19,20). The molecule has 21 heavy (non-hydrogen) atoms. The predicted molar refractivity (Wildman–Crippen MR) is 80.8 cm³/mol. The molecule has 1 aromatic rings. The Morgan fingerprint density at radius 1 is 1.14 bits per heavy atom. The van der Waals surface area contributed by atoms with Crippen LogP contribution in [0.1, 0.15) is 52.5 Å². The number of aromatic carboxylic acids is 1. The Balaban J connectivity index is 2.40. The number of ether oxygens (including phenoxy) is 1. The summed E-state index contributed by atoms with van der Waals surface area (Å²) >= 11 is 0. The number of amides is 1. The van der Waals surface area contributed by atoms with Crippen molar-refractivity contribution < 1.29 is 19.4 Å². The molecule has 0 aromatic heterocycles. The summed E-state index contributed by atoms with van der Waals surface area (Å²) in [5, 5.41) is 11.8. The molecule has 5 heteroatoms. The molecule has 2 N–H and O–H groups in total. The van der Waals surface area contributed by atoms with Crippen LogP contribution in [0.3, 0.4) is 0 Å². The number of carbonyl (C=O) groups is 2. The molecular weight excluding hydrogens is 270 g/mol. The van der Waals surface area contributed by atoms with Gasteiger partial charge in [0.25, 0.3) is 5.91 Å².